The number of aromatic nitrogens is 1. The third kappa shape index (κ3) is 2.42. The molecule has 0 saturated heterocycles. The van der Waals surface area contributed by atoms with Crippen molar-refractivity contribution in [1.29, 1.82) is 0 Å². The number of hydrogen-bond acceptors (Lipinski definition) is 3. The lowest BCUT2D eigenvalue weighted by Gasteiger charge is -2.11. The molecule has 2 rings (SSSR count). The summed E-state index contributed by atoms with van der Waals surface area (Å²) in [7, 11) is 0. The van der Waals surface area contributed by atoms with Crippen LogP contribution in [0.5, 0.6) is 0 Å². The number of fused-ring (bicyclic) bond motifs is 1. The molecular weight excluding hydrogens is 216 g/mol. The molecule has 88 valence electrons. The van der Waals surface area contributed by atoms with E-state index in [2.05, 4.69) is 10.3 Å². The van der Waals surface area contributed by atoms with E-state index in [0.717, 1.165) is 10.9 Å². The van der Waals surface area contributed by atoms with Gasteiger partial charge in [-0.05, 0) is 19.1 Å². The van der Waals surface area contributed by atoms with Crippen LogP contribution in [0.15, 0.2) is 36.5 Å². The Balaban J connectivity index is 2.38. The molecule has 0 aliphatic rings. The minimum atomic E-state index is -0.255. The molecule has 17 heavy (non-hydrogen) atoms. The summed E-state index contributed by atoms with van der Waals surface area (Å²) >= 11 is 0. The van der Waals surface area contributed by atoms with Gasteiger partial charge in [-0.1, -0.05) is 18.2 Å². The molecule has 4 nitrogen and oxygen atoms in total. The number of carbonyl (C=O) groups is 1. The Morgan fingerprint density at radius 1 is 1.41 bits per heavy atom. The minimum absolute atomic E-state index is 0.0746. The third-order valence-corrected chi connectivity index (χ3v) is 2.55. The van der Waals surface area contributed by atoms with Crippen LogP contribution in [-0.2, 0) is 0 Å². The Morgan fingerprint density at radius 2 is 2.18 bits per heavy atom. The highest BCUT2D eigenvalue weighted by Crippen LogP contribution is 2.15. The number of amides is 1. The second-order valence-electron chi connectivity index (χ2n) is 3.93. The van der Waals surface area contributed by atoms with Crippen LogP contribution in [0.2, 0.25) is 0 Å². The summed E-state index contributed by atoms with van der Waals surface area (Å²) in [6.45, 7) is 1.68. The first-order valence-corrected chi connectivity index (χ1v) is 5.48. The SMILES string of the molecule is C[C@H](CO)NC(=O)c1ccnc2ccccc12. The zero-order valence-corrected chi connectivity index (χ0v) is 9.55. The number of aliphatic hydroxyl groups excluding tert-OH is 1. The molecule has 0 saturated carbocycles. The van der Waals surface area contributed by atoms with E-state index in [9.17, 15) is 4.79 Å². The molecule has 0 aliphatic carbocycles. The first-order valence-electron chi connectivity index (χ1n) is 5.48. The summed E-state index contributed by atoms with van der Waals surface area (Å²) in [5, 5.41) is 12.5. The molecule has 0 bridgehead atoms. The van der Waals surface area contributed by atoms with E-state index in [0.29, 0.717) is 5.56 Å². The zero-order valence-electron chi connectivity index (χ0n) is 9.55. The largest absolute Gasteiger partial charge is 0.394 e. The fourth-order valence-electron chi connectivity index (χ4n) is 1.64. The van der Waals surface area contributed by atoms with Crippen LogP contribution in [0.4, 0.5) is 0 Å². The summed E-state index contributed by atoms with van der Waals surface area (Å²) in [4.78, 5) is 16.2. The predicted molar refractivity (Wildman–Crippen MR) is 65.8 cm³/mol. The van der Waals surface area contributed by atoms with Crippen molar-refractivity contribution in [3.63, 3.8) is 0 Å². The quantitative estimate of drug-likeness (QED) is 0.836. The van der Waals surface area contributed by atoms with Gasteiger partial charge in [-0.25, -0.2) is 0 Å². The van der Waals surface area contributed by atoms with Gasteiger partial charge in [0.05, 0.1) is 17.7 Å². The molecule has 2 aromatic rings. The van der Waals surface area contributed by atoms with E-state index in [1.54, 1.807) is 19.2 Å². The van der Waals surface area contributed by atoms with Crippen LogP contribution >= 0.6 is 0 Å². The van der Waals surface area contributed by atoms with Gasteiger partial charge in [-0.3, -0.25) is 9.78 Å². The van der Waals surface area contributed by atoms with Gasteiger partial charge in [0.25, 0.3) is 5.91 Å². The monoisotopic (exact) mass is 230 g/mol. The molecule has 0 unspecified atom stereocenters. The second-order valence-corrected chi connectivity index (χ2v) is 3.93. The maximum Gasteiger partial charge on any atom is 0.252 e. The minimum Gasteiger partial charge on any atom is -0.394 e. The summed E-state index contributed by atoms with van der Waals surface area (Å²) in [6.07, 6.45) is 1.61. The van der Waals surface area contributed by atoms with Gasteiger partial charge in [0.1, 0.15) is 0 Å². The first kappa shape index (κ1) is 11.5. The number of rotatable bonds is 3. The van der Waals surface area contributed by atoms with Crippen LogP contribution in [0.1, 0.15) is 17.3 Å². The fourth-order valence-corrected chi connectivity index (χ4v) is 1.64. The number of aliphatic hydroxyl groups is 1. The number of nitrogens with zero attached hydrogens (tertiary/aromatic N) is 1. The van der Waals surface area contributed by atoms with Crippen molar-refractivity contribution in [3.8, 4) is 0 Å². The lowest BCUT2D eigenvalue weighted by atomic mass is 10.1. The van der Waals surface area contributed by atoms with Crippen LogP contribution in [0.25, 0.3) is 10.9 Å². The van der Waals surface area contributed by atoms with Gasteiger partial charge in [0, 0.05) is 17.6 Å². The highest BCUT2D eigenvalue weighted by molar-refractivity contribution is 6.06. The van der Waals surface area contributed by atoms with Crippen molar-refractivity contribution in [3.05, 3.63) is 42.1 Å². The van der Waals surface area contributed by atoms with Crippen LogP contribution in [0, 0.1) is 0 Å². The lowest BCUT2D eigenvalue weighted by Crippen LogP contribution is -2.35. The van der Waals surface area contributed by atoms with Crippen molar-refractivity contribution in [2.45, 2.75) is 13.0 Å². The lowest BCUT2D eigenvalue weighted by molar-refractivity contribution is 0.0924. The molecular formula is C13H14N2O2. The average Bonchev–Trinajstić information content (AvgIpc) is 2.37. The molecule has 1 heterocycles. The van der Waals surface area contributed by atoms with Gasteiger partial charge >= 0.3 is 0 Å². The molecule has 1 amide bonds. The van der Waals surface area contributed by atoms with Crippen LogP contribution in [-0.4, -0.2) is 28.6 Å². The van der Waals surface area contributed by atoms with Gasteiger partial charge in [0.2, 0.25) is 0 Å². The van der Waals surface area contributed by atoms with E-state index in [4.69, 9.17) is 5.11 Å². The second kappa shape index (κ2) is 4.93. The van der Waals surface area contributed by atoms with Crippen molar-refractivity contribution in [2.24, 2.45) is 0 Å². The maximum absolute atomic E-state index is 12.0. The number of benzene rings is 1. The Kier molecular flexibility index (Phi) is 3.35. The summed E-state index contributed by atoms with van der Waals surface area (Å²) in [6, 6.07) is 8.91. The molecule has 2 N–H and O–H groups in total. The molecule has 1 atom stereocenters. The molecule has 1 aromatic heterocycles. The van der Waals surface area contributed by atoms with Gasteiger partial charge in [-0.15, -0.1) is 0 Å². The average molecular weight is 230 g/mol. The maximum atomic E-state index is 12.0. The Labute approximate surface area is 99.3 Å². The number of pyridine rings is 1. The van der Waals surface area contributed by atoms with Gasteiger partial charge in [-0.2, -0.15) is 0 Å². The highest BCUT2D eigenvalue weighted by atomic mass is 16.3. The molecule has 0 fully saturated rings. The van der Waals surface area contributed by atoms with E-state index in [1.165, 1.54) is 0 Å². The first-order chi connectivity index (χ1) is 8.22. The van der Waals surface area contributed by atoms with Crippen molar-refractivity contribution in [1.82, 2.24) is 10.3 Å². The van der Waals surface area contributed by atoms with Crippen LogP contribution < -0.4 is 5.32 Å². The Morgan fingerprint density at radius 3 is 2.94 bits per heavy atom. The summed E-state index contributed by atoms with van der Waals surface area (Å²) in [5.41, 5.74) is 1.37. The van der Waals surface area contributed by atoms with Gasteiger partial charge < -0.3 is 10.4 Å². The number of para-hydroxylation sites is 1. The van der Waals surface area contributed by atoms with E-state index >= 15 is 0 Å². The van der Waals surface area contributed by atoms with E-state index in [1.807, 2.05) is 24.3 Å². The topological polar surface area (TPSA) is 62.2 Å². The molecule has 0 radical (unpaired) electrons. The Hall–Kier alpha value is -1.94. The fraction of sp³-hybridized carbons (Fsp3) is 0.231. The van der Waals surface area contributed by atoms with Crippen LogP contribution in [0.3, 0.4) is 0 Å². The predicted octanol–water partition coefficient (Wildman–Crippen LogP) is 1.35. The highest BCUT2D eigenvalue weighted by Gasteiger charge is 2.12. The van der Waals surface area contributed by atoms with Crippen molar-refractivity contribution < 1.29 is 9.90 Å². The smallest absolute Gasteiger partial charge is 0.252 e. The van der Waals surface area contributed by atoms with Gasteiger partial charge in [0.15, 0.2) is 0 Å². The number of nitrogens with one attached hydrogen (secondary N) is 1. The molecule has 0 spiro atoms. The van der Waals surface area contributed by atoms with E-state index < -0.39 is 0 Å². The summed E-state index contributed by atoms with van der Waals surface area (Å²) < 4.78 is 0. The zero-order chi connectivity index (χ0) is 12.3. The van der Waals surface area contributed by atoms with Crippen molar-refractivity contribution >= 4 is 16.8 Å². The standard InChI is InChI=1S/C13H14N2O2/c1-9(8-16)15-13(17)11-6-7-14-12-5-3-2-4-10(11)12/h2-7,9,16H,8H2,1H3,(H,15,17)/t9-/m1/s1. The molecule has 4 heteroatoms. The number of hydrogen-bond donors (Lipinski definition) is 2. The molecule has 1 aromatic carbocycles. The Bertz CT molecular complexity index is 534. The van der Waals surface area contributed by atoms with E-state index in [-0.39, 0.29) is 18.6 Å². The van der Waals surface area contributed by atoms with Crippen molar-refractivity contribution in [2.75, 3.05) is 6.61 Å². The molecule has 0 aliphatic heterocycles. The third-order valence-electron chi connectivity index (χ3n) is 2.55. The number of carbonyl (C=O) groups excluding carboxylic acids is 1. The summed E-state index contributed by atoms with van der Waals surface area (Å²) in [5.74, 6) is -0.190. The normalized spacial score (nSPS) is 12.4.